The number of halogens is 1. The average Bonchev–Trinajstić information content (AvgIpc) is 3.17. The summed E-state index contributed by atoms with van der Waals surface area (Å²) in [4.78, 5) is 8.80. The Morgan fingerprint density at radius 2 is 2.00 bits per heavy atom. The van der Waals surface area contributed by atoms with Crippen molar-refractivity contribution in [2.75, 3.05) is 0 Å². The molecule has 2 aromatic rings. The van der Waals surface area contributed by atoms with Crippen molar-refractivity contribution in [2.24, 2.45) is 10.7 Å². The standard InChI is InChI=1S/C17H22N4O.HI/c1-12-6-8-13(9-7-12)16-20-15(11-22-16)10-19-17(18)21-14-4-2-3-5-14;/h6-9,11,14H,2-5,10H2,1H3,(H3,18,19,21);1H. The fourth-order valence-electron chi connectivity index (χ4n) is 2.70. The Morgan fingerprint density at radius 3 is 2.70 bits per heavy atom. The highest BCUT2D eigenvalue weighted by Gasteiger charge is 2.14. The molecule has 0 aliphatic heterocycles. The summed E-state index contributed by atoms with van der Waals surface area (Å²) in [7, 11) is 0. The Kier molecular flexibility index (Phi) is 6.44. The monoisotopic (exact) mass is 426 g/mol. The molecule has 124 valence electrons. The van der Waals surface area contributed by atoms with E-state index in [1.807, 2.05) is 24.3 Å². The van der Waals surface area contributed by atoms with Gasteiger partial charge in [-0.2, -0.15) is 0 Å². The van der Waals surface area contributed by atoms with Crippen LogP contribution in [0.15, 0.2) is 39.9 Å². The first-order valence-electron chi connectivity index (χ1n) is 7.78. The normalized spacial score (nSPS) is 15.4. The van der Waals surface area contributed by atoms with Gasteiger partial charge in [0.05, 0.1) is 6.54 Å². The minimum atomic E-state index is 0. The van der Waals surface area contributed by atoms with E-state index in [0.29, 0.717) is 24.4 Å². The number of guanidine groups is 1. The van der Waals surface area contributed by atoms with E-state index < -0.39 is 0 Å². The molecule has 1 fully saturated rings. The fourth-order valence-corrected chi connectivity index (χ4v) is 2.70. The molecule has 3 N–H and O–H groups in total. The molecule has 0 saturated heterocycles. The van der Waals surface area contributed by atoms with Crippen LogP contribution in [-0.4, -0.2) is 17.0 Å². The lowest BCUT2D eigenvalue weighted by Gasteiger charge is -2.11. The lowest BCUT2D eigenvalue weighted by Crippen LogP contribution is -2.38. The number of hydrogen-bond acceptors (Lipinski definition) is 3. The minimum Gasteiger partial charge on any atom is -0.444 e. The molecule has 1 heterocycles. The van der Waals surface area contributed by atoms with Crippen molar-refractivity contribution < 1.29 is 4.42 Å². The first-order chi connectivity index (χ1) is 10.7. The third-order valence-corrected chi connectivity index (χ3v) is 3.97. The summed E-state index contributed by atoms with van der Waals surface area (Å²) in [6.45, 7) is 2.49. The predicted octanol–water partition coefficient (Wildman–Crippen LogP) is 3.61. The number of hydrogen-bond donors (Lipinski definition) is 2. The fraction of sp³-hybridized carbons (Fsp3) is 0.412. The summed E-state index contributed by atoms with van der Waals surface area (Å²) in [5.74, 6) is 1.11. The summed E-state index contributed by atoms with van der Waals surface area (Å²) in [6.07, 6.45) is 6.54. The van der Waals surface area contributed by atoms with Gasteiger partial charge < -0.3 is 15.5 Å². The van der Waals surface area contributed by atoms with Gasteiger partial charge in [0.1, 0.15) is 12.0 Å². The largest absolute Gasteiger partial charge is 0.444 e. The number of nitrogens with zero attached hydrogens (tertiary/aromatic N) is 2. The highest BCUT2D eigenvalue weighted by Crippen LogP contribution is 2.19. The Balaban J connectivity index is 0.00000192. The van der Waals surface area contributed by atoms with Gasteiger partial charge in [0.2, 0.25) is 5.89 Å². The van der Waals surface area contributed by atoms with Gasteiger partial charge in [-0.15, -0.1) is 24.0 Å². The Bertz CT molecular complexity index is 645. The van der Waals surface area contributed by atoms with Crippen LogP contribution in [-0.2, 0) is 6.54 Å². The molecular formula is C17H23IN4O. The van der Waals surface area contributed by atoms with E-state index in [0.717, 1.165) is 11.3 Å². The van der Waals surface area contributed by atoms with Crippen LogP contribution in [0.3, 0.4) is 0 Å². The van der Waals surface area contributed by atoms with E-state index in [1.165, 1.54) is 31.2 Å². The quantitative estimate of drug-likeness (QED) is 0.445. The van der Waals surface area contributed by atoms with Crippen molar-refractivity contribution in [2.45, 2.75) is 45.2 Å². The Morgan fingerprint density at radius 1 is 1.30 bits per heavy atom. The molecule has 1 saturated carbocycles. The van der Waals surface area contributed by atoms with E-state index in [9.17, 15) is 0 Å². The SMILES string of the molecule is Cc1ccc(-c2nc(CN=C(N)NC3CCCC3)co2)cc1.I. The van der Waals surface area contributed by atoms with Crippen LogP contribution in [0.25, 0.3) is 11.5 Å². The lowest BCUT2D eigenvalue weighted by molar-refractivity contribution is 0.572. The third kappa shape index (κ3) is 4.95. The first-order valence-corrected chi connectivity index (χ1v) is 7.78. The van der Waals surface area contributed by atoms with E-state index in [2.05, 4.69) is 22.2 Å². The smallest absolute Gasteiger partial charge is 0.226 e. The summed E-state index contributed by atoms with van der Waals surface area (Å²) in [5.41, 5.74) is 8.88. The van der Waals surface area contributed by atoms with E-state index >= 15 is 0 Å². The van der Waals surface area contributed by atoms with Crippen molar-refractivity contribution in [1.82, 2.24) is 10.3 Å². The minimum absolute atomic E-state index is 0. The van der Waals surface area contributed by atoms with Gasteiger partial charge >= 0.3 is 0 Å². The first kappa shape index (κ1) is 17.8. The number of aliphatic imine (C=N–C) groups is 1. The van der Waals surface area contributed by atoms with Crippen molar-refractivity contribution in [3.8, 4) is 11.5 Å². The van der Waals surface area contributed by atoms with Gasteiger partial charge in [-0.3, -0.25) is 0 Å². The van der Waals surface area contributed by atoms with Crippen LogP contribution >= 0.6 is 24.0 Å². The number of nitrogens with two attached hydrogens (primary N) is 1. The number of benzene rings is 1. The summed E-state index contributed by atoms with van der Waals surface area (Å²) in [5, 5.41) is 3.26. The molecule has 0 unspecified atom stereocenters. The number of aryl methyl sites for hydroxylation is 1. The van der Waals surface area contributed by atoms with Gasteiger partial charge in [-0.05, 0) is 31.9 Å². The molecule has 1 aromatic heterocycles. The summed E-state index contributed by atoms with van der Waals surface area (Å²) >= 11 is 0. The van der Waals surface area contributed by atoms with E-state index in [4.69, 9.17) is 10.2 Å². The molecular weight excluding hydrogens is 403 g/mol. The Labute approximate surface area is 153 Å². The van der Waals surface area contributed by atoms with Crippen molar-refractivity contribution in [1.29, 1.82) is 0 Å². The Hall–Kier alpha value is -1.57. The molecule has 0 atom stereocenters. The highest BCUT2D eigenvalue weighted by atomic mass is 127. The van der Waals surface area contributed by atoms with Crippen LogP contribution in [0.5, 0.6) is 0 Å². The zero-order valence-electron chi connectivity index (χ0n) is 13.3. The predicted molar refractivity (Wildman–Crippen MR) is 103 cm³/mol. The van der Waals surface area contributed by atoms with Gasteiger partial charge in [0.15, 0.2) is 5.96 Å². The summed E-state index contributed by atoms with van der Waals surface area (Å²) in [6, 6.07) is 8.57. The van der Waals surface area contributed by atoms with E-state index in [1.54, 1.807) is 6.26 Å². The number of rotatable bonds is 4. The van der Waals surface area contributed by atoms with Crippen molar-refractivity contribution >= 4 is 29.9 Å². The molecule has 6 heteroatoms. The van der Waals surface area contributed by atoms with Gasteiger partial charge in [0, 0.05) is 11.6 Å². The topological polar surface area (TPSA) is 76.4 Å². The summed E-state index contributed by atoms with van der Waals surface area (Å²) < 4.78 is 5.51. The molecule has 0 bridgehead atoms. The van der Waals surface area contributed by atoms with Gasteiger partial charge in [0.25, 0.3) is 0 Å². The maximum absolute atomic E-state index is 5.92. The average molecular weight is 426 g/mol. The van der Waals surface area contributed by atoms with Crippen LogP contribution < -0.4 is 11.1 Å². The third-order valence-electron chi connectivity index (χ3n) is 3.97. The molecule has 1 aliphatic rings. The molecule has 0 radical (unpaired) electrons. The van der Waals surface area contributed by atoms with Crippen molar-refractivity contribution in [3.63, 3.8) is 0 Å². The van der Waals surface area contributed by atoms with Crippen LogP contribution in [0.4, 0.5) is 0 Å². The van der Waals surface area contributed by atoms with Gasteiger partial charge in [-0.25, -0.2) is 9.98 Å². The van der Waals surface area contributed by atoms with Crippen LogP contribution in [0.1, 0.15) is 36.9 Å². The van der Waals surface area contributed by atoms with E-state index in [-0.39, 0.29) is 24.0 Å². The van der Waals surface area contributed by atoms with Crippen molar-refractivity contribution in [3.05, 3.63) is 41.8 Å². The number of oxazole rings is 1. The number of aromatic nitrogens is 1. The second kappa shape index (κ2) is 8.33. The second-order valence-electron chi connectivity index (χ2n) is 5.84. The highest BCUT2D eigenvalue weighted by molar-refractivity contribution is 14.0. The molecule has 3 rings (SSSR count). The van der Waals surface area contributed by atoms with Gasteiger partial charge in [-0.1, -0.05) is 30.5 Å². The maximum atomic E-state index is 5.92. The number of nitrogens with one attached hydrogen (secondary N) is 1. The molecule has 0 amide bonds. The molecule has 0 spiro atoms. The zero-order valence-corrected chi connectivity index (χ0v) is 15.6. The molecule has 1 aliphatic carbocycles. The second-order valence-corrected chi connectivity index (χ2v) is 5.84. The molecule has 23 heavy (non-hydrogen) atoms. The van der Waals surface area contributed by atoms with Crippen LogP contribution in [0, 0.1) is 6.92 Å². The zero-order chi connectivity index (χ0) is 15.4. The molecule has 5 nitrogen and oxygen atoms in total. The van der Waals surface area contributed by atoms with Crippen LogP contribution in [0.2, 0.25) is 0 Å². The lowest BCUT2D eigenvalue weighted by atomic mass is 10.1. The maximum Gasteiger partial charge on any atom is 0.226 e. The molecule has 1 aromatic carbocycles.